The van der Waals surface area contributed by atoms with Crippen LogP contribution in [-0.4, -0.2) is 51.6 Å². The summed E-state index contributed by atoms with van der Waals surface area (Å²) in [6, 6.07) is 12.4. The predicted octanol–water partition coefficient (Wildman–Crippen LogP) is 2.72. The number of nitrogens with one attached hydrogen (secondary N) is 2. The van der Waals surface area contributed by atoms with Crippen LogP contribution in [0.2, 0.25) is 0 Å². The maximum Gasteiger partial charge on any atom is 0.287 e. The van der Waals surface area contributed by atoms with Crippen molar-refractivity contribution in [3.63, 3.8) is 0 Å². The Hall–Kier alpha value is -4.12. The van der Waals surface area contributed by atoms with Gasteiger partial charge >= 0.3 is 0 Å². The summed E-state index contributed by atoms with van der Waals surface area (Å²) in [7, 11) is 0. The van der Waals surface area contributed by atoms with Crippen molar-refractivity contribution in [1.82, 2.24) is 15.0 Å². The van der Waals surface area contributed by atoms with Gasteiger partial charge in [-0.3, -0.25) is 14.9 Å². The van der Waals surface area contributed by atoms with Gasteiger partial charge in [0.05, 0.1) is 22.6 Å². The first kappa shape index (κ1) is 23.1. The smallest absolute Gasteiger partial charge is 0.287 e. The summed E-state index contributed by atoms with van der Waals surface area (Å²) in [6.07, 6.45) is 4.46. The average molecular weight is 463 g/mol. The Labute approximate surface area is 195 Å². The van der Waals surface area contributed by atoms with Gasteiger partial charge in [-0.2, -0.15) is 0 Å². The summed E-state index contributed by atoms with van der Waals surface area (Å²) < 4.78 is 5.69. The van der Waals surface area contributed by atoms with Crippen molar-refractivity contribution in [2.24, 2.45) is 5.73 Å². The molecule has 176 valence electrons. The Bertz CT molecular complexity index is 1130. The molecule has 11 nitrogen and oxygen atoms in total. The number of benzene rings is 1. The van der Waals surface area contributed by atoms with Crippen molar-refractivity contribution in [2.45, 2.75) is 24.9 Å². The van der Waals surface area contributed by atoms with Gasteiger partial charge < -0.3 is 21.1 Å². The molecule has 3 heterocycles. The Kier molecular flexibility index (Phi) is 7.23. The molecule has 11 heteroatoms. The lowest BCUT2D eigenvalue weighted by molar-refractivity contribution is -0.385. The molecule has 2 unspecified atom stereocenters. The average Bonchev–Trinajstić information content (AvgIpc) is 3.37. The van der Waals surface area contributed by atoms with Crippen molar-refractivity contribution in [3.05, 3.63) is 70.5 Å². The van der Waals surface area contributed by atoms with Crippen molar-refractivity contribution in [1.29, 1.82) is 0 Å². The molecular weight excluding hydrogens is 438 g/mol. The third kappa shape index (κ3) is 5.62. The van der Waals surface area contributed by atoms with E-state index in [0.29, 0.717) is 31.5 Å². The van der Waals surface area contributed by atoms with E-state index in [4.69, 9.17) is 10.5 Å². The van der Waals surface area contributed by atoms with E-state index in [1.807, 2.05) is 30.3 Å². The molecule has 1 aliphatic rings. The van der Waals surface area contributed by atoms with E-state index in [1.54, 1.807) is 12.3 Å². The van der Waals surface area contributed by atoms with Gasteiger partial charge in [-0.1, -0.05) is 24.3 Å². The number of hydrogen-bond acceptors (Lipinski definition) is 9. The van der Waals surface area contributed by atoms with Crippen LogP contribution in [0.5, 0.6) is 0 Å². The molecule has 1 saturated heterocycles. The molecule has 1 aliphatic heterocycles. The van der Waals surface area contributed by atoms with E-state index >= 15 is 0 Å². The van der Waals surface area contributed by atoms with Gasteiger partial charge in [-0.15, -0.1) is 0 Å². The van der Waals surface area contributed by atoms with Gasteiger partial charge in [0.1, 0.15) is 12.0 Å². The number of carbonyl (C=O) groups excluding carboxylic acids is 1. The van der Waals surface area contributed by atoms with Crippen LogP contribution in [0, 0.1) is 10.1 Å². The molecule has 1 fully saturated rings. The fourth-order valence-corrected chi connectivity index (χ4v) is 3.86. The molecule has 2 atom stereocenters. The zero-order valence-electron chi connectivity index (χ0n) is 18.4. The van der Waals surface area contributed by atoms with Crippen LogP contribution in [0.1, 0.15) is 24.3 Å². The normalized spacial score (nSPS) is 16.1. The van der Waals surface area contributed by atoms with Gasteiger partial charge in [-0.05, 0) is 30.5 Å². The number of hydrogen-bond donors (Lipinski definition) is 3. The van der Waals surface area contributed by atoms with Gasteiger partial charge in [0.2, 0.25) is 11.9 Å². The second-order valence-corrected chi connectivity index (χ2v) is 7.83. The monoisotopic (exact) mass is 463 g/mol. The van der Waals surface area contributed by atoms with Crippen LogP contribution in [0.25, 0.3) is 11.3 Å². The molecule has 0 spiro atoms. The molecule has 34 heavy (non-hydrogen) atoms. The Morgan fingerprint density at radius 1 is 1.15 bits per heavy atom. The van der Waals surface area contributed by atoms with Crippen molar-refractivity contribution in [3.8, 4) is 11.3 Å². The van der Waals surface area contributed by atoms with E-state index in [-0.39, 0.29) is 17.7 Å². The number of pyridine rings is 1. The van der Waals surface area contributed by atoms with Crippen molar-refractivity contribution >= 4 is 23.4 Å². The first-order valence-corrected chi connectivity index (χ1v) is 10.9. The molecule has 0 bridgehead atoms. The zero-order chi connectivity index (χ0) is 23.9. The minimum absolute atomic E-state index is 0.0565. The molecule has 1 aromatic carbocycles. The third-order valence-corrected chi connectivity index (χ3v) is 5.54. The summed E-state index contributed by atoms with van der Waals surface area (Å²) in [5, 5.41) is 16.9. The molecular formula is C23H25N7O4. The molecule has 0 aliphatic carbocycles. The minimum Gasteiger partial charge on any atom is -0.377 e. The van der Waals surface area contributed by atoms with Crippen LogP contribution in [0.15, 0.2) is 54.9 Å². The Morgan fingerprint density at radius 3 is 2.59 bits per heavy atom. The van der Waals surface area contributed by atoms with E-state index < -0.39 is 10.8 Å². The molecule has 3 aromatic rings. The van der Waals surface area contributed by atoms with Gasteiger partial charge in [0.15, 0.2) is 0 Å². The highest BCUT2D eigenvalue weighted by Crippen LogP contribution is 2.30. The van der Waals surface area contributed by atoms with E-state index in [9.17, 15) is 14.9 Å². The first-order chi connectivity index (χ1) is 16.5. The number of nitro groups is 1. The summed E-state index contributed by atoms with van der Waals surface area (Å²) in [6.45, 7) is 1.69. The number of amides is 1. The van der Waals surface area contributed by atoms with E-state index in [0.717, 1.165) is 29.7 Å². The van der Waals surface area contributed by atoms with Crippen LogP contribution >= 0.6 is 0 Å². The number of rotatable bonds is 10. The largest absolute Gasteiger partial charge is 0.377 e. The zero-order valence-corrected chi connectivity index (χ0v) is 18.4. The SMILES string of the molecule is NC(=O)C(c1ccc(-c2ccnc(NCCNc3ccc([N+](=O)[O-])cn3)n2)cc1)C1CCCO1. The molecule has 2 aromatic heterocycles. The molecule has 0 saturated carbocycles. The number of carbonyl (C=O) groups is 1. The van der Waals surface area contributed by atoms with Crippen molar-refractivity contribution < 1.29 is 14.5 Å². The Balaban J connectivity index is 1.34. The highest BCUT2D eigenvalue weighted by atomic mass is 16.6. The summed E-state index contributed by atoms with van der Waals surface area (Å²) in [5.74, 6) is 0.163. The summed E-state index contributed by atoms with van der Waals surface area (Å²) in [5.41, 5.74) is 8.05. The standard InChI is InChI=1S/C23H25N7O4/c24-22(31)21(19-2-1-13-34-19)16-5-3-15(4-6-16)18-9-10-26-23(29-18)27-12-11-25-20-8-7-17(14-28-20)30(32)33/h3-10,14,19,21H,1-2,11-13H2,(H2,24,31)(H,25,28)(H,26,27,29). The lowest BCUT2D eigenvalue weighted by atomic mass is 9.90. The maximum atomic E-state index is 12.0. The molecule has 4 N–H and O–H groups in total. The van der Waals surface area contributed by atoms with Crippen LogP contribution in [0.3, 0.4) is 0 Å². The fourth-order valence-electron chi connectivity index (χ4n) is 3.86. The number of nitrogens with two attached hydrogens (primary N) is 1. The highest BCUT2D eigenvalue weighted by Gasteiger charge is 2.31. The highest BCUT2D eigenvalue weighted by molar-refractivity contribution is 5.83. The molecule has 4 rings (SSSR count). The van der Waals surface area contributed by atoms with Gasteiger partial charge in [-0.25, -0.2) is 15.0 Å². The van der Waals surface area contributed by atoms with Gasteiger partial charge in [0, 0.05) is 37.5 Å². The molecule has 1 amide bonds. The number of aromatic nitrogens is 3. The second-order valence-electron chi connectivity index (χ2n) is 7.83. The molecule has 0 radical (unpaired) electrons. The van der Waals surface area contributed by atoms with Crippen molar-refractivity contribution in [2.75, 3.05) is 30.3 Å². The van der Waals surface area contributed by atoms with Gasteiger partial charge in [0.25, 0.3) is 5.69 Å². The number of anilines is 2. The second kappa shape index (κ2) is 10.7. The minimum atomic E-state index is -0.490. The summed E-state index contributed by atoms with van der Waals surface area (Å²) in [4.78, 5) is 35.0. The fraction of sp³-hybridized carbons (Fsp3) is 0.304. The number of ether oxygens (including phenoxy) is 1. The quantitative estimate of drug-likeness (QED) is 0.233. The summed E-state index contributed by atoms with van der Waals surface area (Å²) >= 11 is 0. The van der Waals surface area contributed by atoms with E-state index in [1.165, 1.54) is 12.3 Å². The lowest BCUT2D eigenvalue weighted by Gasteiger charge is -2.20. The lowest BCUT2D eigenvalue weighted by Crippen LogP contribution is -2.31. The number of primary amides is 1. The van der Waals surface area contributed by atoms with Crippen LogP contribution < -0.4 is 16.4 Å². The van der Waals surface area contributed by atoms with E-state index in [2.05, 4.69) is 25.6 Å². The van der Waals surface area contributed by atoms with Crippen LogP contribution in [-0.2, 0) is 9.53 Å². The predicted molar refractivity (Wildman–Crippen MR) is 126 cm³/mol. The Morgan fingerprint density at radius 2 is 1.94 bits per heavy atom. The number of nitrogens with zero attached hydrogens (tertiary/aromatic N) is 4. The first-order valence-electron chi connectivity index (χ1n) is 10.9. The van der Waals surface area contributed by atoms with Crippen LogP contribution in [0.4, 0.5) is 17.5 Å². The topological polar surface area (TPSA) is 158 Å². The third-order valence-electron chi connectivity index (χ3n) is 5.54. The maximum absolute atomic E-state index is 12.0.